The molecule has 1 atom stereocenters. The third-order valence-electron chi connectivity index (χ3n) is 2.96. The molecule has 2 rings (SSSR count). The van der Waals surface area contributed by atoms with Crippen molar-refractivity contribution >= 4 is 22.4 Å². The molecule has 1 saturated heterocycles. The Hall–Kier alpha value is -0.620. The minimum Gasteiger partial charge on any atom is -0.312 e. The van der Waals surface area contributed by atoms with Crippen LogP contribution in [0.2, 0.25) is 0 Å². The van der Waals surface area contributed by atoms with Crippen molar-refractivity contribution < 1.29 is 8.42 Å². The maximum absolute atomic E-state index is 12.4. The van der Waals surface area contributed by atoms with E-state index in [0.717, 1.165) is 5.56 Å². The van der Waals surface area contributed by atoms with Gasteiger partial charge < -0.3 is 5.32 Å². The minimum absolute atomic E-state index is 0. The molecule has 0 saturated carbocycles. The first kappa shape index (κ1) is 15.4. The maximum Gasteiger partial charge on any atom is 0.243 e. The number of hydrogen-bond acceptors (Lipinski definition) is 3. The number of nitrogens with one attached hydrogen (secondary N) is 1. The fraction of sp³-hybridized carbons (Fsp3) is 0.500. The zero-order valence-electron chi connectivity index (χ0n) is 10.6. The van der Waals surface area contributed by atoms with Crippen LogP contribution in [0.15, 0.2) is 29.2 Å². The summed E-state index contributed by atoms with van der Waals surface area (Å²) in [5, 5.41) is 3.24. The number of piperazine rings is 1. The highest BCUT2D eigenvalue weighted by Gasteiger charge is 2.28. The van der Waals surface area contributed by atoms with E-state index < -0.39 is 10.0 Å². The Labute approximate surface area is 115 Å². The van der Waals surface area contributed by atoms with Gasteiger partial charge in [0, 0.05) is 25.7 Å². The monoisotopic (exact) mass is 290 g/mol. The summed E-state index contributed by atoms with van der Waals surface area (Å²) in [6, 6.07) is 7.29. The fourth-order valence-electron chi connectivity index (χ4n) is 2.04. The SMILES string of the molecule is Cc1cccc(S(=O)(=O)N2CCNC(C)C2)c1.Cl. The van der Waals surface area contributed by atoms with Crippen molar-refractivity contribution in [3.63, 3.8) is 0 Å². The molecule has 1 aromatic carbocycles. The van der Waals surface area contributed by atoms with Gasteiger partial charge in [0.05, 0.1) is 4.90 Å². The molecule has 0 aromatic heterocycles. The van der Waals surface area contributed by atoms with Crippen molar-refractivity contribution in [2.45, 2.75) is 24.8 Å². The van der Waals surface area contributed by atoms with E-state index in [1.165, 1.54) is 0 Å². The Kier molecular flexibility index (Phi) is 5.16. The molecule has 6 heteroatoms. The molecule has 0 bridgehead atoms. The average molecular weight is 291 g/mol. The number of sulfonamides is 1. The van der Waals surface area contributed by atoms with Gasteiger partial charge in [0.25, 0.3) is 0 Å². The molecular weight excluding hydrogens is 272 g/mol. The number of halogens is 1. The lowest BCUT2D eigenvalue weighted by atomic mass is 10.2. The van der Waals surface area contributed by atoms with Crippen LogP contribution in [-0.4, -0.2) is 38.4 Å². The quantitative estimate of drug-likeness (QED) is 0.896. The van der Waals surface area contributed by atoms with Crippen molar-refractivity contribution in [3.8, 4) is 0 Å². The van der Waals surface area contributed by atoms with Gasteiger partial charge in [-0.15, -0.1) is 12.4 Å². The van der Waals surface area contributed by atoms with E-state index in [4.69, 9.17) is 0 Å². The van der Waals surface area contributed by atoms with Crippen molar-refractivity contribution in [2.24, 2.45) is 0 Å². The van der Waals surface area contributed by atoms with Crippen LogP contribution in [0.3, 0.4) is 0 Å². The third kappa shape index (κ3) is 3.23. The second-order valence-corrected chi connectivity index (χ2v) is 6.47. The summed E-state index contributed by atoms with van der Waals surface area (Å²) in [6.07, 6.45) is 0. The van der Waals surface area contributed by atoms with Crippen LogP contribution >= 0.6 is 12.4 Å². The lowest BCUT2D eigenvalue weighted by molar-refractivity contribution is 0.310. The Morgan fingerprint density at radius 2 is 2.11 bits per heavy atom. The number of nitrogens with zero attached hydrogens (tertiary/aromatic N) is 1. The lowest BCUT2D eigenvalue weighted by Gasteiger charge is -2.31. The van der Waals surface area contributed by atoms with Gasteiger partial charge in [-0.2, -0.15) is 4.31 Å². The van der Waals surface area contributed by atoms with Crippen LogP contribution in [0, 0.1) is 6.92 Å². The predicted octanol–water partition coefficient (Wildman–Crippen LogP) is 1.40. The number of hydrogen-bond donors (Lipinski definition) is 1. The molecule has 1 aliphatic rings. The van der Waals surface area contributed by atoms with Crippen LogP contribution in [0.4, 0.5) is 0 Å². The number of rotatable bonds is 2. The summed E-state index contributed by atoms with van der Waals surface area (Å²) in [5.41, 5.74) is 0.967. The Bertz CT molecular complexity index is 505. The minimum atomic E-state index is -3.32. The van der Waals surface area contributed by atoms with Crippen LogP contribution in [0.25, 0.3) is 0 Å². The molecule has 102 valence electrons. The topological polar surface area (TPSA) is 49.4 Å². The van der Waals surface area contributed by atoms with Gasteiger partial charge in [-0.05, 0) is 31.5 Å². The normalized spacial score (nSPS) is 21.3. The molecule has 1 heterocycles. The maximum atomic E-state index is 12.4. The molecule has 0 aliphatic carbocycles. The predicted molar refractivity (Wildman–Crippen MR) is 74.7 cm³/mol. The van der Waals surface area contributed by atoms with Crippen molar-refractivity contribution in [1.29, 1.82) is 0 Å². The number of benzene rings is 1. The largest absolute Gasteiger partial charge is 0.312 e. The zero-order valence-corrected chi connectivity index (χ0v) is 12.2. The second-order valence-electron chi connectivity index (χ2n) is 4.53. The number of aryl methyl sites for hydroxylation is 1. The molecule has 0 radical (unpaired) electrons. The van der Waals surface area contributed by atoms with E-state index in [2.05, 4.69) is 5.32 Å². The van der Waals surface area contributed by atoms with Crippen LogP contribution in [0.5, 0.6) is 0 Å². The molecular formula is C12H19ClN2O2S. The van der Waals surface area contributed by atoms with E-state index in [9.17, 15) is 8.42 Å². The van der Waals surface area contributed by atoms with E-state index >= 15 is 0 Å². The molecule has 0 spiro atoms. The summed E-state index contributed by atoms with van der Waals surface area (Å²) < 4.78 is 26.3. The van der Waals surface area contributed by atoms with Crippen LogP contribution in [-0.2, 0) is 10.0 Å². The van der Waals surface area contributed by atoms with Crippen LogP contribution in [0.1, 0.15) is 12.5 Å². The van der Waals surface area contributed by atoms with Gasteiger partial charge >= 0.3 is 0 Å². The molecule has 1 fully saturated rings. The molecule has 1 aliphatic heterocycles. The zero-order chi connectivity index (χ0) is 12.5. The van der Waals surface area contributed by atoms with Crippen molar-refractivity contribution in [1.82, 2.24) is 9.62 Å². The standard InChI is InChI=1S/C12H18N2O2S.ClH/c1-10-4-3-5-12(8-10)17(15,16)14-7-6-13-11(2)9-14;/h3-5,8,11,13H,6-7,9H2,1-2H3;1H. The molecule has 0 amide bonds. The van der Waals surface area contributed by atoms with Gasteiger partial charge in [-0.3, -0.25) is 0 Å². The highest BCUT2D eigenvalue weighted by atomic mass is 35.5. The molecule has 1 N–H and O–H groups in total. The Balaban J connectivity index is 0.00000162. The van der Waals surface area contributed by atoms with E-state index in [1.54, 1.807) is 22.5 Å². The summed E-state index contributed by atoms with van der Waals surface area (Å²) in [5.74, 6) is 0. The van der Waals surface area contributed by atoms with Gasteiger partial charge in [-0.1, -0.05) is 12.1 Å². The van der Waals surface area contributed by atoms with Crippen molar-refractivity contribution in [3.05, 3.63) is 29.8 Å². The van der Waals surface area contributed by atoms with Gasteiger partial charge in [-0.25, -0.2) is 8.42 Å². The van der Waals surface area contributed by atoms with Gasteiger partial charge in [0.2, 0.25) is 10.0 Å². The third-order valence-corrected chi connectivity index (χ3v) is 4.82. The Morgan fingerprint density at radius 1 is 1.39 bits per heavy atom. The first-order valence-corrected chi connectivity index (χ1v) is 7.24. The summed E-state index contributed by atoms with van der Waals surface area (Å²) in [7, 11) is -3.32. The van der Waals surface area contributed by atoms with E-state index in [1.807, 2.05) is 19.9 Å². The van der Waals surface area contributed by atoms with Crippen molar-refractivity contribution in [2.75, 3.05) is 19.6 Å². The summed E-state index contributed by atoms with van der Waals surface area (Å²) >= 11 is 0. The van der Waals surface area contributed by atoms with E-state index in [0.29, 0.717) is 24.5 Å². The fourth-order valence-corrected chi connectivity index (χ4v) is 3.68. The first-order valence-electron chi connectivity index (χ1n) is 5.80. The van der Waals surface area contributed by atoms with E-state index in [-0.39, 0.29) is 18.4 Å². The first-order chi connectivity index (χ1) is 8.00. The van der Waals surface area contributed by atoms with Gasteiger partial charge in [0.15, 0.2) is 0 Å². The molecule has 1 unspecified atom stereocenters. The highest BCUT2D eigenvalue weighted by Crippen LogP contribution is 2.18. The average Bonchev–Trinajstić information content (AvgIpc) is 2.29. The highest BCUT2D eigenvalue weighted by molar-refractivity contribution is 7.89. The van der Waals surface area contributed by atoms with Crippen LogP contribution < -0.4 is 5.32 Å². The lowest BCUT2D eigenvalue weighted by Crippen LogP contribution is -2.51. The molecule has 18 heavy (non-hydrogen) atoms. The molecule has 4 nitrogen and oxygen atoms in total. The van der Waals surface area contributed by atoms with Gasteiger partial charge in [0.1, 0.15) is 0 Å². The summed E-state index contributed by atoms with van der Waals surface area (Å²) in [6.45, 7) is 5.69. The smallest absolute Gasteiger partial charge is 0.243 e. The Morgan fingerprint density at radius 3 is 2.72 bits per heavy atom. The second kappa shape index (κ2) is 6.02. The summed E-state index contributed by atoms with van der Waals surface area (Å²) in [4.78, 5) is 0.395. The molecule has 1 aromatic rings.